The van der Waals surface area contributed by atoms with Gasteiger partial charge in [-0.3, -0.25) is 0 Å². The second-order valence-electron chi connectivity index (χ2n) is 5.41. The van der Waals surface area contributed by atoms with Crippen LogP contribution in [-0.2, 0) is 0 Å². The topological polar surface area (TPSA) is 12.0 Å². The molecular formula is C15H31N. The Morgan fingerprint density at radius 3 is 2.06 bits per heavy atom. The molecule has 1 fully saturated rings. The van der Waals surface area contributed by atoms with Crippen molar-refractivity contribution in [2.45, 2.75) is 90.0 Å². The first-order valence-electron chi connectivity index (χ1n) is 7.67. The van der Waals surface area contributed by atoms with Gasteiger partial charge in [-0.1, -0.05) is 64.7 Å². The lowest BCUT2D eigenvalue weighted by Crippen LogP contribution is -2.20. The zero-order chi connectivity index (χ0) is 11.5. The summed E-state index contributed by atoms with van der Waals surface area (Å²) >= 11 is 0. The SMILES string of the molecule is CCCCCCCCCCC[C@@H]1CCCN1. The lowest BCUT2D eigenvalue weighted by Gasteiger charge is -2.09. The Balaban J connectivity index is 1.71. The van der Waals surface area contributed by atoms with Crippen molar-refractivity contribution in [2.24, 2.45) is 0 Å². The zero-order valence-corrected chi connectivity index (χ0v) is 11.3. The van der Waals surface area contributed by atoms with Crippen molar-refractivity contribution in [3.8, 4) is 0 Å². The Morgan fingerprint density at radius 2 is 1.50 bits per heavy atom. The molecule has 0 radical (unpaired) electrons. The average Bonchev–Trinajstić information content (AvgIpc) is 2.80. The van der Waals surface area contributed by atoms with E-state index < -0.39 is 0 Å². The van der Waals surface area contributed by atoms with Crippen LogP contribution in [0.4, 0.5) is 0 Å². The maximum Gasteiger partial charge on any atom is 0.00675 e. The quantitative estimate of drug-likeness (QED) is 0.533. The van der Waals surface area contributed by atoms with Crippen molar-refractivity contribution < 1.29 is 0 Å². The summed E-state index contributed by atoms with van der Waals surface area (Å²) in [5, 5.41) is 3.58. The molecule has 0 aromatic heterocycles. The summed E-state index contributed by atoms with van der Waals surface area (Å²) in [7, 11) is 0. The highest BCUT2D eigenvalue weighted by atomic mass is 14.9. The van der Waals surface area contributed by atoms with Crippen molar-refractivity contribution in [1.82, 2.24) is 5.32 Å². The van der Waals surface area contributed by atoms with Crippen LogP contribution in [0.2, 0.25) is 0 Å². The van der Waals surface area contributed by atoms with Gasteiger partial charge < -0.3 is 5.32 Å². The van der Waals surface area contributed by atoms with E-state index in [1.165, 1.54) is 83.6 Å². The van der Waals surface area contributed by atoms with Crippen molar-refractivity contribution in [3.63, 3.8) is 0 Å². The molecular weight excluding hydrogens is 194 g/mol. The molecule has 0 amide bonds. The maximum absolute atomic E-state index is 3.58. The third kappa shape index (κ3) is 7.27. The van der Waals surface area contributed by atoms with E-state index in [1.54, 1.807) is 0 Å². The average molecular weight is 225 g/mol. The summed E-state index contributed by atoms with van der Waals surface area (Å²) in [6.45, 7) is 3.55. The fourth-order valence-electron chi connectivity index (χ4n) is 2.70. The number of nitrogens with one attached hydrogen (secondary N) is 1. The Hall–Kier alpha value is -0.0400. The van der Waals surface area contributed by atoms with Gasteiger partial charge in [0.05, 0.1) is 0 Å². The van der Waals surface area contributed by atoms with E-state index in [-0.39, 0.29) is 0 Å². The molecule has 0 bridgehead atoms. The molecule has 0 spiro atoms. The van der Waals surface area contributed by atoms with Crippen LogP contribution in [0.1, 0.15) is 84.0 Å². The monoisotopic (exact) mass is 225 g/mol. The van der Waals surface area contributed by atoms with Crippen LogP contribution < -0.4 is 5.32 Å². The minimum Gasteiger partial charge on any atom is -0.314 e. The van der Waals surface area contributed by atoms with Crippen LogP contribution in [0.3, 0.4) is 0 Å². The van der Waals surface area contributed by atoms with Crippen LogP contribution >= 0.6 is 0 Å². The van der Waals surface area contributed by atoms with Gasteiger partial charge in [-0.15, -0.1) is 0 Å². The first kappa shape index (κ1) is 14.0. The summed E-state index contributed by atoms with van der Waals surface area (Å²) in [5.74, 6) is 0. The van der Waals surface area contributed by atoms with Gasteiger partial charge in [-0.2, -0.15) is 0 Å². The molecule has 1 rings (SSSR count). The Bertz CT molecular complexity index is 138. The molecule has 0 saturated carbocycles. The number of rotatable bonds is 10. The van der Waals surface area contributed by atoms with E-state index in [2.05, 4.69) is 12.2 Å². The van der Waals surface area contributed by atoms with Crippen molar-refractivity contribution >= 4 is 0 Å². The van der Waals surface area contributed by atoms with Crippen LogP contribution in [0.15, 0.2) is 0 Å². The van der Waals surface area contributed by atoms with Crippen LogP contribution in [0, 0.1) is 0 Å². The highest BCUT2D eigenvalue weighted by Gasteiger charge is 2.12. The largest absolute Gasteiger partial charge is 0.314 e. The van der Waals surface area contributed by atoms with Crippen molar-refractivity contribution in [2.75, 3.05) is 6.54 Å². The summed E-state index contributed by atoms with van der Waals surface area (Å²) < 4.78 is 0. The van der Waals surface area contributed by atoms with E-state index in [9.17, 15) is 0 Å². The smallest absolute Gasteiger partial charge is 0.00675 e. The number of hydrogen-bond acceptors (Lipinski definition) is 1. The van der Waals surface area contributed by atoms with E-state index in [1.807, 2.05) is 0 Å². The Morgan fingerprint density at radius 1 is 0.875 bits per heavy atom. The fourth-order valence-corrected chi connectivity index (χ4v) is 2.70. The molecule has 1 N–H and O–H groups in total. The Kier molecular flexibility index (Phi) is 8.88. The van der Waals surface area contributed by atoms with Gasteiger partial charge in [-0.05, 0) is 25.8 Å². The highest BCUT2D eigenvalue weighted by Crippen LogP contribution is 2.15. The molecule has 1 aliphatic heterocycles. The fraction of sp³-hybridized carbons (Fsp3) is 1.00. The number of unbranched alkanes of at least 4 members (excludes halogenated alkanes) is 8. The molecule has 1 aliphatic rings. The first-order valence-corrected chi connectivity index (χ1v) is 7.67. The maximum atomic E-state index is 3.58. The van der Waals surface area contributed by atoms with Gasteiger partial charge in [0.25, 0.3) is 0 Å². The summed E-state index contributed by atoms with van der Waals surface area (Å²) in [5.41, 5.74) is 0. The van der Waals surface area contributed by atoms with Gasteiger partial charge in [0.15, 0.2) is 0 Å². The van der Waals surface area contributed by atoms with Gasteiger partial charge in [0.1, 0.15) is 0 Å². The lowest BCUT2D eigenvalue weighted by atomic mass is 10.0. The minimum absolute atomic E-state index is 0.865. The third-order valence-electron chi connectivity index (χ3n) is 3.82. The molecule has 1 atom stereocenters. The predicted molar refractivity (Wildman–Crippen MR) is 72.9 cm³/mol. The van der Waals surface area contributed by atoms with E-state index in [0.717, 1.165) is 6.04 Å². The molecule has 16 heavy (non-hydrogen) atoms. The highest BCUT2D eigenvalue weighted by molar-refractivity contribution is 4.73. The first-order chi connectivity index (χ1) is 7.93. The second kappa shape index (κ2) is 10.1. The zero-order valence-electron chi connectivity index (χ0n) is 11.3. The molecule has 1 heteroatoms. The lowest BCUT2D eigenvalue weighted by molar-refractivity contribution is 0.499. The predicted octanol–water partition coefficient (Wildman–Crippen LogP) is 4.66. The summed E-state index contributed by atoms with van der Waals surface area (Å²) in [4.78, 5) is 0. The van der Waals surface area contributed by atoms with E-state index in [4.69, 9.17) is 0 Å². The summed E-state index contributed by atoms with van der Waals surface area (Å²) in [6, 6.07) is 0.865. The molecule has 1 nitrogen and oxygen atoms in total. The standard InChI is InChI=1S/C15H31N/c1-2-3-4-5-6-7-8-9-10-12-15-13-11-14-16-15/h15-16H,2-14H2,1H3/t15-/m1/s1. The molecule has 1 heterocycles. The van der Waals surface area contributed by atoms with Gasteiger partial charge in [-0.25, -0.2) is 0 Å². The molecule has 0 aromatic rings. The van der Waals surface area contributed by atoms with Crippen LogP contribution in [0.5, 0.6) is 0 Å². The minimum atomic E-state index is 0.865. The third-order valence-corrected chi connectivity index (χ3v) is 3.82. The van der Waals surface area contributed by atoms with Crippen LogP contribution in [0.25, 0.3) is 0 Å². The summed E-state index contributed by atoms with van der Waals surface area (Å²) in [6.07, 6.45) is 17.3. The van der Waals surface area contributed by atoms with Gasteiger partial charge in [0.2, 0.25) is 0 Å². The second-order valence-corrected chi connectivity index (χ2v) is 5.41. The molecule has 0 aliphatic carbocycles. The van der Waals surface area contributed by atoms with Crippen molar-refractivity contribution in [1.29, 1.82) is 0 Å². The van der Waals surface area contributed by atoms with E-state index in [0.29, 0.717) is 0 Å². The molecule has 0 unspecified atom stereocenters. The molecule has 0 aromatic carbocycles. The normalized spacial score (nSPS) is 20.4. The Labute approximate surface area is 102 Å². The van der Waals surface area contributed by atoms with E-state index >= 15 is 0 Å². The van der Waals surface area contributed by atoms with Gasteiger partial charge in [0, 0.05) is 6.04 Å². The van der Waals surface area contributed by atoms with Crippen molar-refractivity contribution in [3.05, 3.63) is 0 Å². The van der Waals surface area contributed by atoms with Gasteiger partial charge >= 0.3 is 0 Å². The number of hydrogen-bond donors (Lipinski definition) is 1. The molecule has 96 valence electrons. The molecule has 1 saturated heterocycles. The van der Waals surface area contributed by atoms with Crippen LogP contribution in [-0.4, -0.2) is 12.6 Å².